The van der Waals surface area contributed by atoms with Crippen LogP contribution in [0.15, 0.2) is 14.8 Å². The lowest BCUT2D eigenvalue weighted by Gasteiger charge is -2.23. The number of nitrogens with two attached hydrogens (primary N) is 1. The van der Waals surface area contributed by atoms with Crippen molar-refractivity contribution >= 4 is 31.8 Å². The first-order valence-electron chi connectivity index (χ1n) is 4.69. The Morgan fingerprint density at radius 2 is 2.17 bits per heavy atom. The maximum atomic E-state index is 12.1. The van der Waals surface area contributed by atoms with Crippen molar-refractivity contribution < 1.29 is 13.6 Å². The molecule has 0 saturated heterocycles. The maximum Gasteiger partial charge on any atom is 0.261 e. The SMILES string of the molecule is Cn1nnc(Br)c1S(=O)(=O)NC(C)(C)C(N)=NO. The smallest absolute Gasteiger partial charge is 0.261 e. The number of nitrogens with one attached hydrogen (secondary N) is 1. The monoisotopic (exact) mass is 340 g/mol. The molecule has 1 aromatic rings. The van der Waals surface area contributed by atoms with Crippen molar-refractivity contribution in [2.75, 3.05) is 0 Å². The summed E-state index contributed by atoms with van der Waals surface area (Å²) >= 11 is 2.99. The molecule has 1 rings (SSSR count). The molecule has 0 bridgehead atoms. The van der Waals surface area contributed by atoms with Gasteiger partial charge < -0.3 is 10.9 Å². The van der Waals surface area contributed by atoms with Crippen LogP contribution in [0, 0.1) is 0 Å². The molecule has 9 nitrogen and oxygen atoms in total. The van der Waals surface area contributed by atoms with Crippen molar-refractivity contribution in [2.24, 2.45) is 17.9 Å². The van der Waals surface area contributed by atoms with Crippen LogP contribution in [-0.4, -0.2) is 40.0 Å². The number of hydrogen-bond acceptors (Lipinski definition) is 6. The van der Waals surface area contributed by atoms with E-state index < -0.39 is 15.6 Å². The van der Waals surface area contributed by atoms with Crippen LogP contribution in [0.1, 0.15) is 13.8 Å². The Balaban J connectivity index is 3.19. The standard InChI is InChI=1S/C7H13BrN6O3S/c1-7(2,6(9)11-15)12-18(16,17)5-4(8)10-13-14(5)3/h12,15H,1-3H3,(H2,9,11). The molecule has 0 radical (unpaired) electrons. The first-order valence-corrected chi connectivity index (χ1v) is 6.96. The van der Waals surface area contributed by atoms with Crippen LogP contribution in [-0.2, 0) is 17.1 Å². The second kappa shape index (κ2) is 4.82. The average molecular weight is 341 g/mol. The van der Waals surface area contributed by atoms with Gasteiger partial charge in [-0.15, -0.1) is 5.10 Å². The van der Waals surface area contributed by atoms with Crippen LogP contribution in [0.25, 0.3) is 0 Å². The van der Waals surface area contributed by atoms with Crippen molar-refractivity contribution in [1.82, 2.24) is 19.7 Å². The highest BCUT2D eigenvalue weighted by molar-refractivity contribution is 9.10. The molecule has 0 saturated carbocycles. The van der Waals surface area contributed by atoms with Gasteiger partial charge in [0.15, 0.2) is 10.4 Å². The molecule has 1 heterocycles. The zero-order valence-electron chi connectivity index (χ0n) is 9.92. The lowest BCUT2D eigenvalue weighted by atomic mass is 10.1. The van der Waals surface area contributed by atoms with Gasteiger partial charge in [-0.3, -0.25) is 0 Å². The van der Waals surface area contributed by atoms with E-state index in [0.29, 0.717) is 0 Å². The summed E-state index contributed by atoms with van der Waals surface area (Å²) in [7, 11) is -2.49. The molecule has 0 aliphatic carbocycles. The molecule has 0 amide bonds. The number of amidine groups is 1. The summed E-state index contributed by atoms with van der Waals surface area (Å²) in [5, 5.41) is 18.4. The fourth-order valence-corrected chi connectivity index (χ4v) is 3.66. The van der Waals surface area contributed by atoms with E-state index in [0.717, 1.165) is 4.68 Å². The third-order valence-corrected chi connectivity index (χ3v) is 4.67. The summed E-state index contributed by atoms with van der Waals surface area (Å²) in [4.78, 5) is 0. The van der Waals surface area contributed by atoms with Crippen LogP contribution >= 0.6 is 15.9 Å². The number of halogens is 1. The summed E-state index contributed by atoms with van der Waals surface area (Å²) in [6.45, 7) is 2.91. The quantitative estimate of drug-likeness (QED) is 0.289. The van der Waals surface area contributed by atoms with Crippen molar-refractivity contribution in [2.45, 2.75) is 24.4 Å². The Morgan fingerprint density at radius 3 is 2.56 bits per heavy atom. The van der Waals surface area contributed by atoms with Crippen LogP contribution in [0.5, 0.6) is 0 Å². The number of rotatable bonds is 4. The van der Waals surface area contributed by atoms with E-state index in [1.807, 2.05) is 0 Å². The van der Waals surface area contributed by atoms with Crippen molar-refractivity contribution in [3.05, 3.63) is 4.60 Å². The second-order valence-corrected chi connectivity index (χ2v) is 6.37. The number of aromatic nitrogens is 3. The van der Waals surface area contributed by atoms with Crippen molar-refractivity contribution in [3.63, 3.8) is 0 Å². The van der Waals surface area contributed by atoms with Gasteiger partial charge in [-0.05, 0) is 29.8 Å². The third-order valence-electron chi connectivity index (χ3n) is 2.13. The summed E-state index contributed by atoms with van der Waals surface area (Å²) in [6.07, 6.45) is 0. The van der Waals surface area contributed by atoms with E-state index in [4.69, 9.17) is 10.9 Å². The van der Waals surface area contributed by atoms with Gasteiger partial charge in [-0.25, -0.2) is 13.1 Å². The summed E-state index contributed by atoms with van der Waals surface area (Å²) < 4.78 is 27.7. The fourth-order valence-electron chi connectivity index (χ4n) is 1.17. The lowest BCUT2D eigenvalue weighted by molar-refractivity contribution is 0.312. The minimum absolute atomic E-state index is 0.0767. The van der Waals surface area contributed by atoms with E-state index >= 15 is 0 Å². The molecule has 0 spiro atoms. The number of oxime groups is 1. The molecule has 0 atom stereocenters. The molecular formula is C7H13BrN6O3S. The van der Waals surface area contributed by atoms with Crippen LogP contribution in [0.4, 0.5) is 0 Å². The highest BCUT2D eigenvalue weighted by atomic mass is 79.9. The molecule has 0 fully saturated rings. The first kappa shape index (κ1) is 14.9. The normalized spacial score (nSPS) is 13.9. The molecular weight excluding hydrogens is 328 g/mol. The second-order valence-electron chi connectivity index (χ2n) is 4.02. The largest absolute Gasteiger partial charge is 0.409 e. The lowest BCUT2D eigenvalue weighted by Crippen LogP contribution is -2.53. The summed E-state index contributed by atoms with van der Waals surface area (Å²) in [6, 6.07) is 0. The minimum Gasteiger partial charge on any atom is -0.409 e. The first-order chi connectivity index (χ1) is 8.12. The molecule has 1 aromatic heterocycles. The molecule has 0 aliphatic heterocycles. The molecule has 0 aliphatic rings. The van der Waals surface area contributed by atoms with Gasteiger partial charge in [0.05, 0.1) is 5.54 Å². The molecule has 4 N–H and O–H groups in total. The number of sulfonamides is 1. The molecule has 11 heteroatoms. The Hall–Kier alpha value is -1.20. The van der Waals surface area contributed by atoms with Gasteiger partial charge >= 0.3 is 0 Å². The molecule has 0 aromatic carbocycles. The van der Waals surface area contributed by atoms with Gasteiger partial charge in [-0.1, -0.05) is 10.4 Å². The average Bonchev–Trinajstić information content (AvgIpc) is 2.56. The molecule has 18 heavy (non-hydrogen) atoms. The highest BCUT2D eigenvalue weighted by Gasteiger charge is 2.33. The molecule has 0 unspecified atom stereocenters. The van der Waals surface area contributed by atoms with E-state index in [9.17, 15) is 8.42 Å². The van der Waals surface area contributed by atoms with Gasteiger partial charge in [-0.2, -0.15) is 4.72 Å². The summed E-state index contributed by atoms with van der Waals surface area (Å²) in [5.74, 6) is -0.266. The predicted molar refractivity (Wildman–Crippen MR) is 66.5 cm³/mol. The van der Waals surface area contributed by atoms with Gasteiger partial charge in [0.25, 0.3) is 10.0 Å². The predicted octanol–water partition coefficient (Wildman–Crippen LogP) is -0.619. The van der Waals surface area contributed by atoms with E-state index in [1.54, 1.807) is 0 Å². The minimum atomic E-state index is -3.92. The van der Waals surface area contributed by atoms with E-state index in [2.05, 4.69) is 36.1 Å². The zero-order valence-corrected chi connectivity index (χ0v) is 12.3. The highest BCUT2D eigenvalue weighted by Crippen LogP contribution is 2.19. The van der Waals surface area contributed by atoms with Crippen molar-refractivity contribution in [3.8, 4) is 0 Å². The zero-order chi connectivity index (χ0) is 14.1. The van der Waals surface area contributed by atoms with Crippen LogP contribution < -0.4 is 10.5 Å². The van der Waals surface area contributed by atoms with Gasteiger partial charge in [0, 0.05) is 7.05 Å². The van der Waals surface area contributed by atoms with E-state index in [-0.39, 0.29) is 15.5 Å². The topological polar surface area (TPSA) is 135 Å². The number of aryl methyl sites for hydroxylation is 1. The Kier molecular flexibility index (Phi) is 3.98. The van der Waals surface area contributed by atoms with Gasteiger partial charge in [0.2, 0.25) is 5.03 Å². The molecule has 102 valence electrons. The summed E-state index contributed by atoms with van der Waals surface area (Å²) in [5.41, 5.74) is 4.16. The Morgan fingerprint density at radius 1 is 1.61 bits per heavy atom. The van der Waals surface area contributed by atoms with E-state index in [1.165, 1.54) is 20.9 Å². The van der Waals surface area contributed by atoms with Crippen LogP contribution in [0.2, 0.25) is 0 Å². The Labute approximate surface area is 112 Å². The number of nitrogens with zero attached hydrogens (tertiary/aromatic N) is 4. The van der Waals surface area contributed by atoms with Gasteiger partial charge in [0.1, 0.15) is 0 Å². The maximum absolute atomic E-state index is 12.1. The fraction of sp³-hybridized carbons (Fsp3) is 0.571. The number of hydrogen-bond donors (Lipinski definition) is 3. The third kappa shape index (κ3) is 2.79. The van der Waals surface area contributed by atoms with Crippen molar-refractivity contribution in [1.29, 1.82) is 0 Å². The Bertz CT molecular complexity index is 559. The van der Waals surface area contributed by atoms with Crippen LogP contribution in [0.3, 0.4) is 0 Å².